The number of likely N-dealkylation sites (tertiary alicyclic amines) is 1. The van der Waals surface area contributed by atoms with Gasteiger partial charge in [0.1, 0.15) is 0 Å². The Morgan fingerprint density at radius 1 is 1.12 bits per heavy atom. The van der Waals surface area contributed by atoms with Crippen molar-refractivity contribution in [3.05, 3.63) is 35.4 Å². The molecule has 1 aromatic carbocycles. The normalized spacial score (nSPS) is 26.7. The molecular weight excluding hydrogens is 332 g/mol. The lowest BCUT2D eigenvalue weighted by Gasteiger charge is -2.37. The summed E-state index contributed by atoms with van der Waals surface area (Å²) in [4.78, 5) is 26.8. The van der Waals surface area contributed by atoms with Gasteiger partial charge in [0.15, 0.2) is 5.79 Å². The van der Waals surface area contributed by atoms with Crippen LogP contribution in [0.3, 0.4) is 0 Å². The second-order valence-electron chi connectivity index (χ2n) is 7.58. The van der Waals surface area contributed by atoms with Gasteiger partial charge >= 0.3 is 0 Å². The molecule has 0 aromatic heterocycles. The predicted octanol–water partition coefficient (Wildman–Crippen LogP) is 1.61. The van der Waals surface area contributed by atoms with Crippen molar-refractivity contribution in [3.8, 4) is 0 Å². The highest BCUT2D eigenvalue weighted by Crippen LogP contribution is 2.41. The average molecular weight is 358 g/mol. The van der Waals surface area contributed by atoms with Gasteiger partial charge in [-0.15, -0.1) is 0 Å². The van der Waals surface area contributed by atoms with Crippen molar-refractivity contribution in [2.45, 2.75) is 38.5 Å². The van der Waals surface area contributed by atoms with Gasteiger partial charge in [0.05, 0.1) is 25.0 Å². The van der Waals surface area contributed by atoms with Crippen molar-refractivity contribution in [1.82, 2.24) is 10.2 Å². The van der Waals surface area contributed by atoms with Crippen molar-refractivity contribution in [2.75, 3.05) is 26.3 Å². The topological polar surface area (TPSA) is 67.9 Å². The van der Waals surface area contributed by atoms with Crippen molar-refractivity contribution >= 4 is 11.8 Å². The quantitative estimate of drug-likeness (QED) is 0.888. The molecule has 1 spiro atoms. The van der Waals surface area contributed by atoms with E-state index in [1.54, 1.807) is 0 Å². The van der Waals surface area contributed by atoms with E-state index in [1.165, 1.54) is 5.56 Å². The van der Waals surface area contributed by atoms with Gasteiger partial charge in [0.25, 0.3) is 0 Å². The lowest BCUT2D eigenvalue weighted by molar-refractivity contribution is -0.187. The largest absolute Gasteiger partial charge is 0.352 e. The fourth-order valence-electron chi connectivity index (χ4n) is 3.87. The molecule has 2 amide bonds. The molecule has 2 aliphatic heterocycles. The molecule has 0 bridgehead atoms. The number of hydrogen-bond donors (Lipinski definition) is 1. The summed E-state index contributed by atoms with van der Waals surface area (Å²) >= 11 is 0. The fourth-order valence-corrected chi connectivity index (χ4v) is 3.87. The number of ether oxygens (including phenoxy) is 2. The van der Waals surface area contributed by atoms with Gasteiger partial charge in [-0.05, 0) is 18.9 Å². The Bertz CT molecular complexity index is 672. The molecule has 2 unspecified atom stereocenters. The Labute approximate surface area is 153 Å². The maximum absolute atomic E-state index is 12.7. The first-order valence-electron chi connectivity index (χ1n) is 9.46. The Morgan fingerprint density at radius 2 is 1.77 bits per heavy atom. The SMILES string of the molecule is Cc1ccc(CNC(=O)C2CC2C(=O)N2CCC3(CC2)OCCO3)cc1. The van der Waals surface area contributed by atoms with Crippen LogP contribution in [0.1, 0.15) is 30.4 Å². The maximum Gasteiger partial charge on any atom is 0.226 e. The summed E-state index contributed by atoms with van der Waals surface area (Å²) in [5.41, 5.74) is 2.27. The second kappa shape index (κ2) is 7.00. The van der Waals surface area contributed by atoms with Crippen molar-refractivity contribution in [1.29, 1.82) is 0 Å². The third-order valence-corrected chi connectivity index (χ3v) is 5.68. The molecule has 1 aliphatic carbocycles. The monoisotopic (exact) mass is 358 g/mol. The molecule has 1 aromatic rings. The minimum absolute atomic E-state index is 0.0140. The van der Waals surface area contributed by atoms with E-state index in [0.717, 1.165) is 18.4 Å². The Hall–Kier alpha value is -1.92. The molecular formula is C20H26N2O4. The molecule has 1 saturated carbocycles. The van der Waals surface area contributed by atoms with E-state index in [2.05, 4.69) is 5.32 Å². The minimum Gasteiger partial charge on any atom is -0.352 e. The molecule has 6 heteroatoms. The van der Waals surface area contributed by atoms with Crippen LogP contribution in [-0.4, -0.2) is 48.8 Å². The Morgan fingerprint density at radius 3 is 2.42 bits per heavy atom. The van der Waals surface area contributed by atoms with Gasteiger partial charge in [0, 0.05) is 32.5 Å². The van der Waals surface area contributed by atoms with Crippen LogP contribution in [0.4, 0.5) is 0 Å². The zero-order chi connectivity index (χ0) is 18.1. The highest BCUT2D eigenvalue weighted by molar-refractivity contribution is 5.92. The highest BCUT2D eigenvalue weighted by Gasteiger charge is 2.51. The summed E-state index contributed by atoms with van der Waals surface area (Å²) < 4.78 is 11.4. The Balaban J connectivity index is 1.23. The number of piperidine rings is 1. The summed E-state index contributed by atoms with van der Waals surface area (Å²) in [5.74, 6) is -0.714. The molecule has 2 heterocycles. The number of hydrogen-bond acceptors (Lipinski definition) is 4. The van der Waals surface area contributed by atoms with E-state index in [-0.39, 0.29) is 23.7 Å². The average Bonchev–Trinajstić information content (AvgIpc) is 3.35. The molecule has 3 aliphatic rings. The van der Waals surface area contributed by atoms with E-state index < -0.39 is 5.79 Å². The van der Waals surface area contributed by atoms with Crippen LogP contribution < -0.4 is 5.32 Å². The molecule has 1 N–H and O–H groups in total. The molecule has 0 radical (unpaired) electrons. The summed E-state index contributed by atoms with van der Waals surface area (Å²) in [5, 5.41) is 2.96. The fraction of sp³-hybridized carbons (Fsp3) is 0.600. The number of carbonyl (C=O) groups is 2. The molecule has 26 heavy (non-hydrogen) atoms. The first-order chi connectivity index (χ1) is 12.6. The number of rotatable bonds is 4. The van der Waals surface area contributed by atoms with Crippen molar-refractivity contribution in [3.63, 3.8) is 0 Å². The zero-order valence-electron chi connectivity index (χ0n) is 15.2. The lowest BCUT2D eigenvalue weighted by atomic mass is 10.0. The molecule has 2 atom stereocenters. The van der Waals surface area contributed by atoms with Crippen LogP contribution in [0, 0.1) is 18.8 Å². The van der Waals surface area contributed by atoms with Crippen LogP contribution in [0.2, 0.25) is 0 Å². The predicted molar refractivity (Wildman–Crippen MR) is 95.1 cm³/mol. The highest BCUT2D eigenvalue weighted by atomic mass is 16.7. The standard InChI is InChI=1S/C20H26N2O4/c1-14-2-4-15(5-3-14)13-21-18(23)16-12-17(16)19(24)22-8-6-20(7-9-22)25-10-11-26-20/h2-5,16-17H,6-13H2,1H3,(H,21,23). The van der Waals surface area contributed by atoms with Gasteiger partial charge in [-0.25, -0.2) is 0 Å². The van der Waals surface area contributed by atoms with E-state index in [4.69, 9.17) is 9.47 Å². The van der Waals surface area contributed by atoms with Crippen LogP contribution in [0.5, 0.6) is 0 Å². The number of aryl methyl sites for hydroxylation is 1. The maximum atomic E-state index is 12.7. The third-order valence-electron chi connectivity index (χ3n) is 5.68. The molecule has 140 valence electrons. The van der Waals surface area contributed by atoms with Crippen LogP contribution in [0.25, 0.3) is 0 Å². The van der Waals surface area contributed by atoms with Gasteiger partial charge in [-0.2, -0.15) is 0 Å². The summed E-state index contributed by atoms with van der Waals surface area (Å²) in [7, 11) is 0. The Kier molecular flexibility index (Phi) is 4.71. The van der Waals surface area contributed by atoms with Crippen LogP contribution in [0.15, 0.2) is 24.3 Å². The summed E-state index contributed by atoms with van der Waals surface area (Å²) in [6.45, 7) is 5.12. The van der Waals surface area contributed by atoms with Crippen molar-refractivity contribution in [2.24, 2.45) is 11.8 Å². The molecule has 2 saturated heterocycles. The number of benzene rings is 1. The molecule has 4 rings (SSSR count). The number of amides is 2. The van der Waals surface area contributed by atoms with E-state index in [9.17, 15) is 9.59 Å². The second-order valence-corrected chi connectivity index (χ2v) is 7.58. The van der Waals surface area contributed by atoms with Gasteiger partial charge in [-0.3, -0.25) is 9.59 Å². The number of nitrogens with zero attached hydrogens (tertiary/aromatic N) is 1. The third kappa shape index (κ3) is 3.62. The van der Waals surface area contributed by atoms with Crippen molar-refractivity contribution < 1.29 is 19.1 Å². The first kappa shape index (κ1) is 17.5. The van der Waals surface area contributed by atoms with Gasteiger partial charge < -0.3 is 19.7 Å². The van der Waals surface area contributed by atoms with Crippen LogP contribution >= 0.6 is 0 Å². The van der Waals surface area contributed by atoms with Gasteiger partial charge in [-0.1, -0.05) is 29.8 Å². The van der Waals surface area contributed by atoms with E-state index in [0.29, 0.717) is 39.3 Å². The number of nitrogens with one attached hydrogen (secondary N) is 1. The minimum atomic E-state index is -0.467. The molecule has 6 nitrogen and oxygen atoms in total. The first-order valence-corrected chi connectivity index (χ1v) is 9.46. The van der Waals surface area contributed by atoms with Crippen LogP contribution in [-0.2, 0) is 25.6 Å². The number of carbonyl (C=O) groups excluding carboxylic acids is 2. The van der Waals surface area contributed by atoms with Gasteiger partial charge in [0.2, 0.25) is 11.8 Å². The molecule has 3 fully saturated rings. The van der Waals surface area contributed by atoms with E-state index >= 15 is 0 Å². The zero-order valence-corrected chi connectivity index (χ0v) is 15.2. The lowest BCUT2D eigenvalue weighted by Crippen LogP contribution is -2.48. The summed E-state index contributed by atoms with van der Waals surface area (Å²) in [6.07, 6.45) is 2.10. The summed E-state index contributed by atoms with van der Waals surface area (Å²) in [6, 6.07) is 8.10. The van der Waals surface area contributed by atoms with E-state index in [1.807, 2.05) is 36.1 Å². The smallest absolute Gasteiger partial charge is 0.226 e.